The van der Waals surface area contributed by atoms with Crippen molar-refractivity contribution in [3.8, 4) is 0 Å². The Bertz CT molecular complexity index is 705. The lowest BCUT2D eigenvalue weighted by atomic mass is 10.2. The van der Waals surface area contributed by atoms with E-state index < -0.39 is 10.0 Å². The van der Waals surface area contributed by atoms with Gasteiger partial charge in [-0.3, -0.25) is 0 Å². The highest BCUT2D eigenvalue weighted by atomic mass is 79.9. The molecule has 1 aromatic heterocycles. The van der Waals surface area contributed by atoms with Gasteiger partial charge in [-0.1, -0.05) is 15.9 Å². The molecule has 0 atom stereocenters. The van der Waals surface area contributed by atoms with Crippen LogP contribution in [0, 0.1) is 0 Å². The topological polar surface area (TPSA) is 62.4 Å². The number of H-pyrrole nitrogens is 1. The number of fused-ring (bicyclic) bond motifs is 1. The summed E-state index contributed by atoms with van der Waals surface area (Å²) in [6, 6.07) is 5.56. The van der Waals surface area contributed by atoms with Crippen LogP contribution in [0.25, 0.3) is 10.9 Å². The van der Waals surface area contributed by atoms with Gasteiger partial charge in [0, 0.05) is 34.7 Å². The first-order chi connectivity index (χ1) is 9.09. The van der Waals surface area contributed by atoms with E-state index in [2.05, 4.69) is 20.9 Å². The molecule has 0 saturated carbocycles. The number of rotatable bonds is 2. The molecule has 102 valence electrons. The van der Waals surface area contributed by atoms with Crippen molar-refractivity contribution in [1.29, 1.82) is 0 Å². The first-order valence-corrected chi connectivity index (χ1v) is 8.17. The Kier molecular flexibility index (Phi) is 3.38. The second-order valence-corrected chi connectivity index (χ2v) is 7.18. The Morgan fingerprint density at radius 2 is 2.00 bits per heavy atom. The average Bonchev–Trinajstić information content (AvgIpc) is 2.83. The number of nitrogens with zero attached hydrogens (tertiary/aromatic N) is 1. The Labute approximate surface area is 119 Å². The minimum absolute atomic E-state index is 0.325. The lowest BCUT2D eigenvalue weighted by Gasteiger charge is -2.25. The van der Waals surface area contributed by atoms with E-state index in [-0.39, 0.29) is 0 Å². The molecule has 19 heavy (non-hydrogen) atoms. The number of halogens is 1. The van der Waals surface area contributed by atoms with Gasteiger partial charge in [-0.05, 0) is 18.2 Å². The Morgan fingerprint density at radius 1 is 1.26 bits per heavy atom. The maximum Gasteiger partial charge on any atom is 0.245 e. The molecule has 1 aliphatic heterocycles. The molecule has 1 aromatic carbocycles. The summed E-state index contributed by atoms with van der Waals surface area (Å²) >= 11 is 3.37. The average molecular weight is 345 g/mol. The second-order valence-electron chi connectivity index (χ2n) is 4.36. The molecule has 5 nitrogen and oxygen atoms in total. The predicted molar refractivity (Wildman–Crippen MR) is 75.6 cm³/mol. The zero-order valence-electron chi connectivity index (χ0n) is 10.1. The van der Waals surface area contributed by atoms with Crippen LogP contribution in [0.3, 0.4) is 0 Å². The number of aromatic amines is 1. The van der Waals surface area contributed by atoms with Crippen LogP contribution < -0.4 is 0 Å². The summed E-state index contributed by atoms with van der Waals surface area (Å²) in [5.41, 5.74) is 0.815. The number of morpholine rings is 1. The first kappa shape index (κ1) is 13.1. The van der Waals surface area contributed by atoms with Crippen LogP contribution in [-0.4, -0.2) is 44.0 Å². The molecule has 1 N–H and O–H groups in total. The van der Waals surface area contributed by atoms with Crippen molar-refractivity contribution >= 4 is 36.9 Å². The van der Waals surface area contributed by atoms with E-state index >= 15 is 0 Å². The molecule has 7 heteroatoms. The van der Waals surface area contributed by atoms with Gasteiger partial charge in [0.2, 0.25) is 10.0 Å². The third kappa shape index (κ3) is 2.31. The summed E-state index contributed by atoms with van der Waals surface area (Å²) in [6.45, 7) is 1.71. The lowest BCUT2D eigenvalue weighted by Crippen LogP contribution is -2.40. The number of benzene rings is 1. The lowest BCUT2D eigenvalue weighted by molar-refractivity contribution is 0.0730. The molecule has 1 fully saturated rings. The van der Waals surface area contributed by atoms with Gasteiger partial charge < -0.3 is 9.72 Å². The molecule has 2 heterocycles. The Morgan fingerprint density at radius 3 is 2.74 bits per heavy atom. The van der Waals surface area contributed by atoms with Gasteiger partial charge in [0.05, 0.1) is 13.2 Å². The maximum absolute atomic E-state index is 12.6. The van der Waals surface area contributed by atoms with Crippen LogP contribution in [0.2, 0.25) is 0 Å². The molecule has 0 unspecified atom stereocenters. The van der Waals surface area contributed by atoms with Gasteiger partial charge >= 0.3 is 0 Å². The smallest absolute Gasteiger partial charge is 0.245 e. The van der Waals surface area contributed by atoms with Crippen LogP contribution in [0.4, 0.5) is 0 Å². The van der Waals surface area contributed by atoms with E-state index in [0.29, 0.717) is 36.6 Å². The fourth-order valence-corrected chi connectivity index (χ4v) is 4.13. The van der Waals surface area contributed by atoms with E-state index in [1.165, 1.54) is 4.31 Å². The van der Waals surface area contributed by atoms with Crippen molar-refractivity contribution in [2.75, 3.05) is 26.3 Å². The summed E-state index contributed by atoms with van der Waals surface area (Å²) in [4.78, 5) is 3.33. The molecule has 1 aliphatic rings. The maximum atomic E-state index is 12.6. The molecular formula is C12H13BrN2O3S. The van der Waals surface area contributed by atoms with E-state index in [1.54, 1.807) is 6.20 Å². The number of sulfonamides is 1. The number of aromatic nitrogens is 1. The zero-order valence-corrected chi connectivity index (χ0v) is 12.5. The highest BCUT2D eigenvalue weighted by Gasteiger charge is 2.28. The monoisotopic (exact) mass is 344 g/mol. The molecule has 2 aromatic rings. The van der Waals surface area contributed by atoms with E-state index in [4.69, 9.17) is 4.74 Å². The molecule has 0 spiro atoms. The molecule has 1 saturated heterocycles. The van der Waals surface area contributed by atoms with E-state index in [1.807, 2.05) is 18.2 Å². The summed E-state index contributed by atoms with van der Waals surface area (Å²) in [6.07, 6.45) is 1.56. The molecule has 0 radical (unpaired) electrons. The fraction of sp³-hybridized carbons (Fsp3) is 0.333. The Hall–Kier alpha value is -0.890. The van der Waals surface area contributed by atoms with Gasteiger partial charge in [-0.25, -0.2) is 8.42 Å². The molecule has 3 rings (SSSR count). The summed E-state index contributed by atoms with van der Waals surface area (Å²) < 4.78 is 32.7. The standard InChI is InChI=1S/C12H13BrN2O3S/c13-9-1-2-11-10(7-9)12(8-14-11)19(16,17)15-3-5-18-6-4-15/h1-2,7-8,14H,3-6H2. The predicted octanol–water partition coefficient (Wildman–Crippen LogP) is 1.95. The van der Waals surface area contributed by atoms with Crippen molar-refractivity contribution in [3.63, 3.8) is 0 Å². The van der Waals surface area contributed by atoms with Crippen molar-refractivity contribution < 1.29 is 13.2 Å². The first-order valence-electron chi connectivity index (χ1n) is 5.93. The highest BCUT2D eigenvalue weighted by Crippen LogP contribution is 2.28. The molecule has 0 amide bonds. The molecule has 0 aliphatic carbocycles. The molecule has 0 bridgehead atoms. The van der Waals surface area contributed by atoms with Gasteiger partial charge in [0.15, 0.2) is 0 Å². The summed E-state index contributed by atoms with van der Waals surface area (Å²) in [7, 11) is -3.46. The Balaban J connectivity index is 2.10. The second kappa shape index (κ2) is 4.90. The summed E-state index contributed by atoms with van der Waals surface area (Å²) in [5.74, 6) is 0. The van der Waals surface area contributed by atoms with Gasteiger partial charge in [-0.2, -0.15) is 4.31 Å². The SMILES string of the molecule is O=S(=O)(c1c[nH]c2ccc(Br)cc12)N1CCOCC1. The number of ether oxygens (including phenoxy) is 1. The summed E-state index contributed by atoms with van der Waals surface area (Å²) in [5, 5.41) is 0.709. The number of hydrogen-bond donors (Lipinski definition) is 1. The number of nitrogens with one attached hydrogen (secondary N) is 1. The van der Waals surface area contributed by atoms with Crippen LogP contribution in [0.1, 0.15) is 0 Å². The van der Waals surface area contributed by atoms with Crippen LogP contribution in [-0.2, 0) is 14.8 Å². The van der Waals surface area contributed by atoms with E-state index in [9.17, 15) is 8.42 Å². The van der Waals surface area contributed by atoms with Crippen molar-refractivity contribution in [2.45, 2.75) is 4.90 Å². The van der Waals surface area contributed by atoms with Gasteiger partial charge in [-0.15, -0.1) is 0 Å². The highest BCUT2D eigenvalue weighted by molar-refractivity contribution is 9.10. The fourth-order valence-electron chi connectivity index (χ4n) is 2.21. The van der Waals surface area contributed by atoms with Gasteiger partial charge in [0.25, 0.3) is 0 Å². The quantitative estimate of drug-likeness (QED) is 0.905. The largest absolute Gasteiger partial charge is 0.379 e. The zero-order chi connectivity index (χ0) is 13.5. The van der Waals surface area contributed by atoms with Crippen LogP contribution >= 0.6 is 15.9 Å². The minimum atomic E-state index is -3.46. The van der Waals surface area contributed by atoms with Crippen molar-refractivity contribution in [1.82, 2.24) is 9.29 Å². The third-order valence-corrected chi connectivity index (χ3v) is 5.63. The third-order valence-electron chi connectivity index (χ3n) is 3.19. The normalized spacial score (nSPS) is 17.9. The molecular weight excluding hydrogens is 332 g/mol. The van der Waals surface area contributed by atoms with Crippen molar-refractivity contribution in [3.05, 3.63) is 28.9 Å². The van der Waals surface area contributed by atoms with Crippen molar-refractivity contribution in [2.24, 2.45) is 0 Å². The minimum Gasteiger partial charge on any atom is -0.379 e. The number of hydrogen-bond acceptors (Lipinski definition) is 3. The van der Waals surface area contributed by atoms with Crippen LogP contribution in [0.5, 0.6) is 0 Å². The van der Waals surface area contributed by atoms with Crippen LogP contribution in [0.15, 0.2) is 33.8 Å². The van der Waals surface area contributed by atoms with E-state index in [0.717, 1.165) is 9.99 Å². The van der Waals surface area contributed by atoms with Gasteiger partial charge in [0.1, 0.15) is 4.90 Å².